The van der Waals surface area contributed by atoms with Crippen LogP contribution in [0.5, 0.6) is 0 Å². The minimum Gasteiger partial charge on any atom is -0.381 e. The number of rotatable bonds is 6. The molecule has 0 radical (unpaired) electrons. The summed E-state index contributed by atoms with van der Waals surface area (Å²) in [6, 6.07) is 9.57. The number of nitrogens with zero attached hydrogens (tertiary/aromatic N) is 1. The van der Waals surface area contributed by atoms with E-state index < -0.39 is 0 Å². The summed E-state index contributed by atoms with van der Waals surface area (Å²) in [6.45, 7) is 4.01. The third-order valence-electron chi connectivity index (χ3n) is 4.43. The van der Waals surface area contributed by atoms with Crippen LogP contribution in [0.25, 0.3) is 0 Å². The summed E-state index contributed by atoms with van der Waals surface area (Å²) in [5, 5.41) is 3.63. The standard InChI is InChI=1S/C17H26N2O/c1-19(13-14-8-10-20-11-9-14)17-5-3-2-4-15(17)12-18-16-6-7-16/h2-5,14,16,18H,6-13H2,1H3. The highest BCUT2D eigenvalue weighted by atomic mass is 16.5. The van der Waals surface area contributed by atoms with Crippen molar-refractivity contribution in [2.75, 3.05) is 31.7 Å². The highest BCUT2D eigenvalue weighted by molar-refractivity contribution is 5.53. The number of benzene rings is 1. The van der Waals surface area contributed by atoms with Gasteiger partial charge in [-0.1, -0.05) is 18.2 Å². The van der Waals surface area contributed by atoms with Gasteiger partial charge in [-0.2, -0.15) is 0 Å². The molecule has 110 valence electrons. The van der Waals surface area contributed by atoms with Crippen molar-refractivity contribution in [3.63, 3.8) is 0 Å². The zero-order valence-electron chi connectivity index (χ0n) is 12.5. The fourth-order valence-corrected chi connectivity index (χ4v) is 2.99. The number of nitrogens with one attached hydrogen (secondary N) is 1. The van der Waals surface area contributed by atoms with Crippen molar-refractivity contribution in [3.05, 3.63) is 29.8 Å². The second-order valence-electron chi connectivity index (χ2n) is 6.22. The first kappa shape index (κ1) is 13.9. The molecule has 1 saturated heterocycles. The quantitative estimate of drug-likeness (QED) is 0.863. The van der Waals surface area contributed by atoms with Crippen LogP contribution >= 0.6 is 0 Å². The Labute approximate surface area is 122 Å². The Balaban J connectivity index is 1.61. The molecule has 1 aromatic carbocycles. The zero-order valence-corrected chi connectivity index (χ0v) is 12.5. The van der Waals surface area contributed by atoms with Gasteiger partial charge in [-0.25, -0.2) is 0 Å². The van der Waals surface area contributed by atoms with Gasteiger partial charge in [0.2, 0.25) is 0 Å². The Bertz CT molecular complexity index is 425. The van der Waals surface area contributed by atoms with E-state index in [2.05, 4.69) is 41.5 Å². The molecule has 2 aliphatic rings. The van der Waals surface area contributed by atoms with Crippen LogP contribution in [0, 0.1) is 5.92 Å². The first-order chi connectivity index (χ1) is 9.83. The lowest BCUT2D eigenvalue weighted by molar-refractivity contribution is 0.0685. The van der Waals surface area contributed by atoms with Crippen molar-refractivity contribution in [1.29, 1.82) is 0 Å². The van der Waals surface area contributed by atoms with Gasteiger partial charge in [-0.15, -0.1) is 0 Å². The van der Waals surface area contributed by atoms with E-state index in [0.717, 1.165) is 38.3 Å². The van der Waals surface area contributed by atoms with Gasteiger partial charge in [0.05, 0.1) is 0 Å². The Morgan fingerprint density at radius 1 is 1.15 bits per heavy atom. The monoisotopic (exact) mass is 274 g/mol. The van der Waals surface area contributed by atoms with Crippen LogP contribution < -0.4 is 10.2 Å². The molecule has 0 bridgehead atoms. The predicted octanol–water partition coefficient (Wildman–Crippen LogP) is 2.80. The molecule has 1 aromatic rings. The molecule has 0 amide bonds. The summed E-state index contributed by atoms with van der Waals surface area (Å²) in [6.07, 6.45) is 5.10. The topological polar surface area (TPSA) is 24.5 Å². The lowest BCUT2D eigenvalue weighted by Gasteiger charge is -2.29. The molecule has 3 nitrogen and oxygen atoms in total. The van der Waals surface area contributed by atoms with Crippen LogP contribution in [0.15, 0.2) is 24.3 Å². The number of anilines is 1. The smallest absolute Gasteiger partial charge is 0.0469 e. The van der Waals surface area contributed by atoms with Crippen molar-refractivity contribution in [3.8, 4) is 0 Å². The Morgan fingerprint density at radius 2 is 1.90 bits per heavy atom. The largest absolute Gasteiger partial charge is 0.381 e. The van der Waals surface area contributed by atoms with Crippen molar-refractivity contribution in [1.82, 2.24) is 5.32 Å². The van der Waals surface area contributed by atoms with E-state index in [-0.39, 0.29) is 0 Å². The SMILES string of the molecule is CN(CC1CCOCC1)c1ccccc1CNC1CC1. The number of para-hydroxylation sites is 1. The van der Waals surface area contributed by atoms with Crippen LogP contribution in [0.4, 0.5) is 5.69 Å². The third-order valence-corrected chi connectivity index (χ3v) is 4.43. The van der Waals surface area contributed by atoms with Gasteiger partial charge in [0.1, 0.15) is 0 Å². The van der Waals surface area contributed by atoms with Gasteiger partial charge < -0.3 is 15.0 Å². The molecule has 0 unspecified atom stereocenters. The summed E-state index contributed by atoms with van der Waals surface area (Å²) in [5.74, 6) is 0.776. The first-order valence-corrected chi connectivity index (χ1v) is 7.93. The first-order valence-electron chi connectivity index (χ1n) is 7.93. The maximum atomic E-state index is 5.45. The van der Waals surface area contributed by atoms with E-state index in [9.17, 15) is 0 Å². The average molecular weight is 274 g/mol. The summed E-state index contributed by atoms with van der Waals surface area (Å²) in [5.41, 5.74) is 2.81. The van der Waals surface area contributed by atoms with Crippen LogP contribution in [-0.4, -0.2) is 32.8 Å². The van der Waals surface area contributed by atoms with E-state index in [4.69, 9.17) is 4.74 Å². The van der Waals surface area contributed by atoms with E-state index >= 15 is 0 Å². The average Bonchev–Trinajstić information content (AvgIpc) is 3.31. The molecular formula is C17H26N2O. The fraction of sp³-hybridized carbons (Fsp3) is 0.647. The molecule has 3 heteroatoms. The molecule has 20 heavy (non-hydrogen) atoms. The summed E-state index contributed by atoms with van der Waals surface area (Å²) < 4.78 is 5.45. The van der Waals surface area contributed by atoms with Crippen molar-refractivity contribution in [2.24, 2.45) is 5.92 Å². The predicted molar refractivity (Wildman–Crippen MR) is 83.1 cm³/mol. The Hall–Kier alpha value is -1.06. The number of hydrogen-bond donors (Lipinski definition) is 1. The van der Waals surface area contributed by atoms with Gasteiger partial charge in [0, 0.05) is 45.1 Å². The lowest BCUT2D eigenvalue weighted by Crippen LogP contribution is -2.30. The zero-order chi connectivity index (χ0) is 13.8. The summed E-state index contributed by atoms with van der Waals surface area (Å²) >= 11 is 0. The molecule has 1 heterocycles. The maximum absolute atomic E-state index is 5.45. The lowest BCUT2D eigenvalue weighted by atomic mass is 9.99. The third kappa shape index (κ3) is 3.74. The molecule has 1 aliphatic carbocycles. The van der Waals surface area contributed by atoms with E-state index in [1.165, 1.54) is 36.9 Å². The van der Waals surface area contributed by atoms with Crippen molar-refractivity contribution >= 4 is 5.69 Å². The summed E-state index contributed by atoms with van der Waals surface area (Å²) in [4.78, 5) is 2.43. The number of ether oxygens (including phenoxy) is 1. The van der Waals surface area contributed by atoms with Gasteiger partial charge in [-0.3, -0.25) is 0 Å². The Morgan fingerprint density at radius 3 is 2.65 bits per heavy atom. The summed E-state index contributed by atoms with van der Waals surface area (Å²) in [7, 11) is 2.23. The van der Waals surface area contributed by atoms with E-state index in [0.29, 0.717) is 0 Å². The molecule has 0 spiro atoms. The minimum absolute atomic E-state index is 0.767. The second-order valence-corrected chi connectivity index (χ2v) is 6.22. The highest BCUT2D eigenvalue weighted by Crippen LogP contribution is 2.25. The molecular weight excluding hydrogens is 248 g/mol. The molecule has 0 aromatic heterocycles. The molecule has 1 N–H and O–H groups in total. The van der Waals surface area contributed by atoms with Gasteiger partial charge in [0.25, 0.3) is 0 Å². The van der Waals surface area contributed by atoms with Crippen molar-refractivity contribution in [2.45, 2.75) is 38.3 Å². The number of hydrogen-bond acceptors (Lipinski definition) is 3. The molecule has 1 aliphatic heterocycles. The van der Waals surface area contributed by atoms with Crippen LogP contribution in [0.3, 0.4) is 0 Å². The van der Waals surface area contributed by atoms with E-state index in [1.807, 2.05) is 0 Å². The molecule has 2 fully saturated rings. The maximum Gasteiger partial charge on any atom is 0.0469 e. The van der Waals surface area contributed by atoms with Gasteiger partial charge >= 0.3 is 0 Å². The van der Waals surface area contributed by atoms with Crippen LogP contribution in [0.2, 0.25) is 0 Å². The highest BCUT2D eigenvalue weighted by Gasteiger charge is 2.21. The van der Waals surface area contributed by atoms with E-state index in [1.54, 1.807) is 0 Å². The normalized spacial score (nSPS) is 20.1. The van der Waals surface area contributed by atoms with Crippen LogP contribution in [0.1, 0.15) is 31.2 Å². The Kier molecular flexibility index (Phi) is 4.58. The van der Waals surface area contributed by atoms with Gasteiger partial charge in [0.15, 0.2) is 0 Å². The fourth-order valence-electron chi connectivity index (χ4n) is 2.99. The van der Waals surface area contributed by atoms with Crippen molar-refractivity contribution < 1.29 is 4.74 Å². The molecule has 1 saturated carbocycles. The van der Waals surface area contributed by atoms with Gasteiger partial charge in [-0.05, 0) is 43.2 Å². The molecule has 0 atom stereocenters. The molecule has 3 rings (SSSR count). The van der Waals surface area contributed by atoms with Crippen LogP contribution in [-0.2, 0) is 11.3 Å². The second kappa shape index (κ2) is 6.59. The minimum atomic E-state index is 0.767.